The minimum atomic E-state index is -2.48. The van der Waals surface area contributed by atoms with Crippen molar-refractivity contribution in [2.45, 2.75) is 102 Å². The first-order chi connectivity index (χ1) is 25.5. The van der Waals surface area contributed by atoms with E-state index in [4.69, 9.17) is 4.74 Å². The van der Waals surface area contributed by atoms with Crippen molar-refractivity contribution >= 4 is 17.6 Å². The summed E-state index contributed by atoms with van der Waals surface area (Å²) in [6.07, 6.45) is 5.17. The summed E-state index contributed by atoms with van der Waals surface area (Å²) in [5, 5.41) is 0. The Balaban J connectivity index is 1.53. The van der Waals surface area contributed by atoms with E-state index >= 15 is 0 Å². The summed E-state index contributed by atoms with van der Waals surface area (Å²) >= 11 is -2.48. The molecule has 1 nitrogen and oxygen atoms in total. The molecule has 0 spiro atoms. The predicted molar refractivity (Wildman–Crippen MR) is 233 cm³/mol. The van der Waals surface area contributed by atoms with Gasteiger partial charge in [-0.05, 0) is 0 Å². The van der Waals surface area contributed by atoms with Crippen molar-refractivity contribution in [3.05, 3.63) is 145 Å². The summed E-state index contributed by atoms with van der Waals surface area (Å²) in [4.78, 5) is 0. The Morgan fingerprint density at radius 2 is 1.00 bits per heavy atom. The van der Waals surface area contributed by atoms with E-state index < -0.39 is 25.8 Å². The molecule has 54 heavy (non-hydrogen) atoms. The molecule has 5 aromatic carbocycles. The van der Waals surface area contributed by atoms with Crippen LogP contribution in [0.2, 0.25) is 13.1 Å². The number of benzene rings is 5. The molecule has 0 bridgehead atoms. The van der Waals surface area contributed by atoms with Crippen LogP contribution in [-0.2, 0) is 25.8 Å². The van der Waals surface area contributed by atoms with E-state index in [9.17, 15) is 0 Å². The maximum atomic E-state index is 6.44. The first-order valence-electron chi connectivity index (χ1n) is 19.7. The number of allylic oxidation sites excluding steroid dienone is 2. The normalized spacial score (nSPS) is 16.2. The van der Waals surface area contributed by atoms with Crippen LogP contribution in [0, 0.1) is 41.5 Å². The molecule has 0 radical (unpaired) electrons. The number of rotatable bonds is 6. The van der Waals surface area contributed by atoms with Gasteiger partial charge in [-0.25, -0.2) is 0 Å². The van der Waals surface area contributed by atoms with E-state index in [1.54, 1.807) is 22.3 Å². The van der Waals surface area contributed by atoms with Gasteiger partial charge in [-0.3, -0.25) is 0 Å². The van der Waals surface area contributed by atoms with Crippen LogP contribution in [0.15, 0.2) is 83.9 Å². The Kier molecular flexibility index (Phi) is 10.4. The third kappa shape index (κ3) is 6.94. The summed E-state index contributed by atoms with van der Waals surface area (Å²) in [5.41, 5.74) is 25.7. The number of hydrogen-bond donors (Lipinski definition) is 0. The van der Waals surface area contributed by atoms with Gasteiger partial charge in [0.1, 0.15) is 0 Å². The Bertz CT molecular complexity index is 2400. The number of hydrogen-bond acceptors (Lipinski definition) is 1. The molecule has 0 saturated carbocycles. The summed E-state index contributed by atoms with van der Waals surface area (Å²) in [7, 11) is 1.87. The van der Waals surface area contributed by atoms with Crippen LogP contribution in [0.3, 0.4) is 0 Å². The van der Waals surface area contributed by atoms with E-state index in [0.29, 0.717) is 7.25 Å². The summed E-state index contributed by atoms with van der Waals surface area (Å²) in [6, 6.07) is 28.7. The monoisotopic (exact) mass is 804 g/mol. The molecular weight excluding hydrogens is 748 g/mol. The van der Waals surface area contributed by atoms with Gasteiger partial charge >= 0.3 is 336 Å². The van der Waals surface area contributed by atoms with Gasteiger partial charge in [0.2, 0.25) is 0 Å². The number of ether oxygens (including phenoxy) is 1. The Labute approximate surface area is 333 Å². The average Bonchev–Trinajstić information content (AvgIpc) is 3.57. The van der Waals surface area contributed by atoms with Crippen LogP contribution >= 0.6 is 0 Å². The van der Waals surface area contributed by atoms with Crippen LogP contribution in [0.25, 0.3) is 45.5 Å². The molecule has 0 saturated heterocycles. The fourth-order valence-electron chi connectivity index (χ4n) is 9.79. The molecule has 2 atom stereocenters. The third-order valence-electron chi connectivity index (χ3n) is 11.7. The molecule has 0 heterocycles. The predicted octanol–water partition coefficient (Wildman–Crippen LogP) is 14.3. The van der Waals surface area contributed by atoms with Crippen LogP contribution < -0.4 is 4.74 Å². The second-order valence-corrected chi connectivity index (χ2v) is 35.7. The van der Waals surface area contributed by atoms with Crippen LogP contribution in [0.5, 0.6) is 5.75 Å². The standard InChI is InChI=1S/C26H25.C23H27O.C2H6Si.Zr/c1-16-8-17(2)11-21(10-16)23-6-7-24(26-15-20(5)14-25(23)26)22-12-18(3)9-19(4)13-22;1-14-8-15(2)11-18(10-14)21-19-12-16(3)9-17(19)13-20(22(21)24-7)23(4,5)6;1-3-2;/h6-15H,1-5H3;8-13H,1-7H3;1-2H3;. The average molecular weight is 806 g/mol. The van der Waals surface area contributed by atoms with Crippen molar-refractivity contribution in [2.75, 3.05) is 7.11 Å². The zero-order chi connectivity index (χ0) is 39.0. The molecular formula is C51H58OSiZr. The van der Waals surface area contributed by atoms with Crippen LogP contribution in [0.4, 0.5) is 0 Å². The molecule has 0 fully saturated rings. The van der Waals surface area contributed by atoms with E-state index in [0.717, 1.165) is 5.75 Å². The molecule has 5 aromatic rings. The second kappa shape index (κ2) is 14.5. The van der Waals surface area contributed by atoms with E-state index in [1.807, 2.05) is 7.11 Å². The summed E-state index contributed by atoms with van der Waals surface area (Å²) in [5.74, 6) is 1.04. The van der Waals surface area contributed by atoms with Crippen LogP contribution in [-0.4, -0.2) is 12.5 Å². The molecule has 276 valence electrons. The van der Waals surface area contributed by atoms with Gasteiger partial charge in [0.15, 0.2) is 0 Å². The Hall–Kier alpha value is -3.52. The van der Waals surface area contributed by atoms with Crippen molar-refractivity contribution in [3.63, 3.8) is 0 Å². The van der Waals surface area contributed by atoms with Crippen molar-refractivity contribution in [3.8, 4) is 39.1 Å². The first kappa shape index (κ1) is 38.7. The fourth-order valence-corrected chi connectivity index (χ4v) is 30.5. The molecule has 2 aliphatic carbocycles. The number of methoxy groups -OCH3 is 1. The van der Waals surface area contributed by atoms with Gasteiger partial charge in [0, 0.05) is 0 Å². The summed E-state index contributed by atoms with van der Waals surface area (Å²) in [6.45, 7) is 30.7. The fraction of sp³-hybridized carbons (Fsp3) is 0.333. The molecule has 3 heteroatoms. The van der Waals surface area contributed by atoms with Gasteiger partial charge < -0.3 is 0 Å². The van der Waals surface area contributed by atoms with Crippen molar-refractivity contribution < 1.29 is 25.1 Å². The molecule has 0 aromatic heterocycles. The molecule has 0 N–H and O–H groups in total. The third-order valence-corrected chi connectivity index (χ3v) is 31.5. The Morgan fingerprint density at radius 3 is 1.48 bits per heavy atom. The van der Waals surface area contributed by atoms with Crippen LogP contribution in [0.1, 0.15) is 103 Å². The zero-order valence-electron chi connectivity index (χ0n) is 35.1. The second-order valence-electron chi connectivity index (χ2n) is 17.8. The Morgan fingerprint density at radius 1 is 0.556 bits per heavy atom. The number of fused-ring (bicyclic) bond motifs is 2. The van der Waals surface area contributed by atoms with Crippen molar-refractivity contribution in [2.24, 2.45) is 0 Å². The van der Waals surface area contributed by atoms with Crippen molar-refractivity contribution in [1.29, 1.82) is 0 Å². The van der Waals surface area contributed by atoms with Gasteiger partial charge in [0.05, 0.1) is 0 Å². The van der Waals surface area contributed by atoms with E-state index in [-0.39, 0.29) is 5.41 Å². The molecule has 7 rings (SSSR count). The number of aryl methyl sites for hydroxylation is 6. The zero-order valence-corrected chi connectivity index (χ0v) is 38.6. The van der Waals surface area contributed by atoms with E-state index in [1.165, 1.54) is 83.5 Å². The van der Waals surface area contributed by atoms with Gasteiger partial charge in [-0.15, -0.1) is 0 Å². The molecule has 2 unspecified atom stereocenters. The van der Waals surface area contributed by atoms with Crippen molar-refractivity contribution in [1.82, 2.24) is 0 Å². The molecule has 2 aliphatic rings. The molecule has 0 aliphatic heterocycles. The maximum absolute atomic E-state index is 6.44. The van der Waals surface area contributed by atoms with Gasteiger partial charge in [-0.1, -0.05) is 0 Å². The SMILES string of the molecule is COc1c(C(C)(C)C)cc2c(c1-c1cc(C)cc(C)c1)C=C(C)[CH]2[Zr]([CH]1C(C)=Cc2c(-c3cc(C)cc(C)c3)ccc(-c3cc(C)cc(C)c3)c21)=[Si](C)C. The quantitative estimate of drug-likeness (QED) is 0.155. The minimum absolute atomic E-state index is 0.0718. The van der Waals surface area contributed by atoms with Gasteiger partial charge in [-0.2, -0.15) is 0 Å². The topological polar surface area (TPSA) is 9.23 Å². The molecule has 0 amide bonds. The van der Waals surface area contributed by atoms with E-state index in [2.05, 4.69) is 174 Å². The first-order valence-corrected chi connectivity index (χ1v) is 28.7. The summed E-state index contributed by atoms with van der Waals surface area (Å²) < 4.78 is 7.44. The van der Waals surface area contributed by atoms with Gasteiger partial charge in [0.25, 0.3) is 0 Å².